The first-order valence-electron chi connectivity index (χ1n) is 7.19. The third-order valence-electron chi connectivity index (χ3n) is 3.50. The van der Waals surface area contributed by atoms with Crippen LogP contribution in [0.25, 0.3) is 0 Å². The fourth-order valence-corrected chi connectivity index (χ4v) is 2.50. The zero-order valence-electron chi connectivity index (χ0n) is 12.7. The van der Waals surface area contributed by atoms with Crippen LogP contribution in [0, 0.1) is 18.6 Å². The van der Waals surface area contributed by atoms with E-state index in [9.17, 15) is 8.78 Å². The zero-order chi connectivity index (χ0) is 15.4. The molecule has 2 aromatic rings. The molecular weight excluding hydrogens is 272 g/mol. The van der Waals surface area contributed by atoms with Gasteiger partial charge in [0.25, 0.3) is 0 Å². The maximum absolute atomic E-state index is 14.0. The smallest absolute Gasteiger partial charge is 0.130 e. The minimum atomic E-state index is -0.512. The van der Waals surface area contributed by atoms with Gasteiger partial charge in [-0.1, -0.05) is 13.0 Å². The lowest BCUT2D eigenvalue weighted by molar-refractivity contribution is 0.456. The summed E-state index contributed by atoms with van der Waals surface area (Å²) < 4.78 is 29.8. The van der Waals surface area contributed by atoms with Crippen LogP contribution < -0.4 is 5.32 Å². The van der Waals surface area contributed by atoms with Crippen molar-refractivity contribution < 1.29 is 8.78 Å². The van der Waals surface area contributed by atoms with Gasteiger partial charge in [0.15, 0.2) is 0 Å². The van der Waals surface area contributed by atoms with Gasteiger partial charge in [-0.05, 0) is 38.1 Å². The summed E-state index contributed by atoms with van der Waals surface area (Å²) in [4.78, 5) is 0. The predicted molar refractivity (Wildman–Crippen MR) is 79.0 cm³/mol. The van der Waals surface area contributed by atoms with Gasteiger partial charge < -0.3 is 5.32 Å². The number of hydrogen-bond acceptors (Lipinski definition) is 2. The molecule has 1 N–H and O–H groups in total. The Morgan fingerprint density at radius 2 is 1.95 bits per heavy atom. The molecule has 1 aromatic heterocycles. The topological polar surface area (TPSA) is 29.9 Å². The first-order chi connectivity index (χ1) is 10.0. The van der Waals surface area contributed by atoms with Gasteiger partial charge in [-0.15, -0.1) is 0 Å². The third-order valence-corrected chi connectivity index (χ3v) is 3.50. The molecule has 0 amide bonds. The van der Waals surface area contributed by atoms with Crippen LogP contribution in [0.15, 0.2) is 24.3 Å². The van der Waals surface area contributed by atoms with Crippen molar-refractivity contribution in [1.82, 2.24) is 15.1 Å². The van der Waals surface area contributed by atoms with Crippen molar-refractivity contribution in [3.8, 4) is 0 Å². The summed E-state index contributed by atoms with van der Waals surface area (Å²) in [5.41, 5.74) is 1.95. The molecule has 1 aromatic carbocycles. The van der Waals surface area contributed by atoms with Crippen molar-refractivity contribution >= 4 is 0 Å². The maximum atomic E-state index is 14.0. The molecule has 5 heteroatoms. The van der Waals surface area contributed by atoms with Gasteiger partial charge in [0, 0.05) is 30.8 Å². The molecule has 0 aliphatic rings. The van der Waals surface area contributed by atoms with Crippen molar-refractivity contribution in [2.75, 3.05) is 6.54 Å². The fourth-order valence-electron chi connectivity index (χ4n) is 2.50. The molecule has 21 heavy (non-hydrogen) atoms. The van der Waals surface area contributed by atoms with Crippen LogP contribution in [0.4, 0.5) is 8.78 Å². The summed E-state index contributed by atoms with van der Waals surface area (Å²) >= 11 is 0. The standard InChI is InChI=1S/C16H21F2N3/c1-4-8-19-15(10-12-9-11(2)20-21(12)3)16-13(17)6-5-7-14(16)18/h5-7,9,15,19H,4,8,10H2,1-3H3. The van der Waals surface area contributed by atoms with E-state index in [-0.39, 0.29) is 5.56 Å². The average Bonchev–Trinajstić information content (AvgIpc) is 2.73. The number of rotatable bonds is 6. The van der Waals surface area contributed by atoms with Crippen LogP contribution in [-0.4, -0.2) is 16.3 Å². The predicted octanol–water partition coefficient (Wildman–Crippen LogP) is 3.29. The number of aromatic nitrogens is 2. The molecule has 0 aliphatic heterocycles. The molecule has 0 spiro atoms. The molecule has 114 valence electrons. The van der Waals surface area contributed by atoms with E-state index in [0.29, 0.717) is 13.0 Å². The highest BCUT2D eigenvalue weighted by atomic mass is 19.1. The highest BCUT2D eigenvalue weighted by Crippen LogP contribution is 2.24. The first-order valence-corrected chi connectivity index (χ1v) is 7.19. The van der Waals surface area contributed by atoms with Crippen LogP contribution in [-0.2, 0) is 13.5 Å². The van der Waals surface area contributed by atoms with Gasteiger partial charge in [-0.2, -0.15) is 5.10 Å². The second kappa shape index (κ2) is 6.80. The fraction of sp³-hybridized carbons (Fsp3) is 0.438. The second-order valence-corrected chi connectivity index (χ2v) is 5.25. The Bertz CT molecular complexity index is 587. The number of hydrogen-bond donors (Lipinski definition) is 1. The van der Waals surface area contributed by atoms with E-state index < -0.39 is 17.7 Å². The number of aryl methyl sites for hydroxylation is 2. The molecule has 1 unspecified atom stereocenters. The van der Waals surface area contributed by atoms with E-state index in [1.54, 1.807) is 4.68 Å². The van der Waals surface area contributed by atoms with Crippen LogP contribution in [0.2, 0.25) is 0 Å². The maximum Gasteiger partial charge on any atom is 0.130 e. The molecule has 2 rings (SSSR count). The van der Waals surface area contributed by atoms with Crippen molar-refractivity contribution in [3.63, 3.8) is 0 Å². The van der Waals surface area contributed by atoms with Crippen molar-refractivity contribution in [2.24, 2.45) is 7.05 Å². The second-order valence-electron chi connectivity index (χ2n) is 5.25. The molecule has 3 nitrogen and oxygen atoms in total. The molecule has 0 bridgehead atoms. The number of halogens is 2. The van der Waals surface area contributed by atoms with E-state index >= 15 is 0 Å². The van der Waals surface area contributed by atoms with Crippen molar-refractivity contribution in [1.29, 1.82) is 0 Å². The first kappa shape index (κ1) is 15.6. The molecule has 0 aliphatic carbocycles. The largest absolute Gasteiger partial charge is 0.309 e. The minimum Gasteiger partial charge on any atom is -0.309 e. The number of benzene rings is 1. The van der Waals surface area contributed by atoms with E-state index in [2.05, 4.69) is 10.4 Å². The van der Waals surface area contributed by atoms with Gasteiger partial charge in [0.2, 0.25) is 0 Å². The summed E-state index contributed by atoms with van der Waals surface area (Å²) in [7, 11) is 1.84. The Kier molecular flexibility index (Phi) is 5.07. The van der Waals surface area contributed by atoms with Crippen LogP contribution in [0.3, 0.4) is 0 Å². The molecule has 0 radical (unpaired) electrons. The summed E-state index contributed by atoms with van der Waals surface area (Å²) in [5, 5.41) is 7.52. The van der Waals surface area contributed by atoms with Gasteiger partial charge in [-0.3, -0.25) is 4.68 Å². The number of nitrogens with one attached hydrogen (secondary N) is 1. The van der Waals surface area contributed by atoms with Gasteiger partial charge in [-0.25, -0.2) is 8.78 Å². The molecule has 0 fully saturated rings. The molecular formula is C16H21F2N3. The molecule has 1 heterocycles. The van der Waals surface area contributed by atoms with Gasteiger partial charge in [0.05, 0.1) is 5.69 Å². The van der Waals surface area contributed by atoms with Crippen molar-refractivity contribution in [2.45, 2.75) is 32.7 Å². The normalized spacial score (nSPS) is 12.6. The van der Waals surface area contributed by atoms with E-state index in [4.69, 9.17) is 0 Å². The van der Waals surface area contributed by atoms with Crippen LogP contribution in [0.1, 0.15) is 36.3 Å². The highest BCUT2D eigenvalue weighted by molar-refractivity contribution is 5.25. The third kappa shape index (κ3) is 3.67. The quantitative estimate of drug-likeness (QED) is 0.885. The van der Waals surface area contributed by atoms with E-state index in [1.165, 1.54) is 18.2 Å². The Hall–Kier alpha value is -1.75. The summed E-state index contributed by atoms with van der Waals surface area (Å²) in [6, 6.07) is 5.53. The summed E-state index contributed by atoms with van der Waals surface area (Å²) in [6.45, 7) is 4.63. The highest BCUT2D eigenvalue weighted by Gasteiger charge is 2.21. The van der Waals surface area contributed by atoms with Crippen LogP contribution in [0.5, 0.6) is 0 Å². The Balaban J connectivity index is 2.32. The molecule has 1 atom stereocenters. The SMILES string of the molecule is CCCNC(Cc1cc(C)nn1C)c1c(F)cccc1F. The Morgan fingerprint density at radius 1 is 1.29 bits per heavy atom. The molecule has 0 saturated carbocycles. The monoisotopic (exact) mass is 293 g/mol. The van der Waals surface area contributed by atoms with Gasteiger partial charge >= 0.3 is 0 Å². The lowest BCUT2D eigenvalue weighted by Gasteiger charge is -2.20. The minimum absolute atomic E-state index is 0.102. The van der Waals surface area contributed by atoms with Crippen molar-refractivity contribution in [3.05, 3.63) is 52.9 Å². The van der Waals surface area contributed by atoms with E-state index in [0.717, 1.165) is 17.8 Å². The molecule has 0 saturated heterocycles. The Morgan fingerprint density at radius 3 is 2.48 bits per heavy atom. The Labute approximate surface area is 124 Å². The zero-order valence-corrected chi connectivity index (χ0v) is 12.7. The lowest BCUT2D eigenvalue weighted by Crippen LogP contribution is -2.26. The van der Waals surface area contributed by atoms with E-state index in [1.807, 2.05) is 27.0 Å². The summed E-state index contributed by atoms with van der Waals surface area (Å²) in [6.07, 6.45) is 1.40. The average molecular weight is 293 g/mol. The van der Waals surface area contributed by atoms with Crippen LogP contribution >= 0.6 is 0 Å². The number of nitrogens with zero attached hydrogens (tertiary/aromatic N) is 2. The lowest BCUT2D eigenvalue weighted by atomic mass is 10.00. The van der Waals surface area contributed by atoms with Gasteiger partial charge in [0.1, 0.15) is 11.6 Å². The summed E-state index contributed by atoms with van der Waals surface area (Å²) in [5.74, 6) is -1.02.